The molecule has 1 fully saturated rings. The van der Waals surface area contributed by atoms with Crippen molar-refractivity contribution >= 4 is 21.6 Å². The Kier molecular flexibility index (Phi) is 6.88. The number of ether oxygens (including phenoxy) is 2. The predicted octanol–water partition coefficient (Wildman–Crippen LogP) is 2.11. The SMILES string of the molecule is COCCOc1ccc(Cl)cc1S(=O)(=O)N1CCC[C@@H]([C@@H](C)N)C1. The van der Waals surface area contributed by atoms with Crippen molar-refractivity contribution in [3.8, 4) is 5.75 Å². The third-order valence-corrected chi connectivity index (χ3v) is 6.35. The van der Waals surface area contributed by atoms with Gasteiger partial charge in [-0.1, -0.05) is 11.6 Å². The van der Waals surface area contributed by atoms with E-state index in [1.165, 1.54) is 10.4 Å². The average Bonchev–Trinajstić information content (AvgIpc) is 2.56. The Morgan fingerprint density at radius 2 is 2.17 bits per heavy atom. The molecule has 24 heavy (non-hydrogen) atoms. The first kappa shape index (κ1) is 19.5. The number of rotatable bonds is 7. The molecular weight excluding hydrogens is 352 g/mol. The minimum absolute atomic E-state index is 0.0419. The summed E-state index contributed by atoms with van der Waals surface area (Å²) in [7, 11) is -2.13. The van der Waals surface area contributed by atoms with Crippen molar-refractivity contribution < 1.29 is 17.9 Å². The number of nitrogens with zero attached hydrogens (tertiary/aromatic N) is 1. The van der Waals surface area contributed by atoms with Crippen molar-refractivity contribution in [3.05, 3.63) is 23.2 Å². The van der Waals surface area contributed by atoms with Crippen molar-refractivity contribution in [3.63, 3.8) is 0 Å². The number of benzene rings is 1. The fourth-order valence-electron chi connectivity index (χ4n) is 2.80. The smallest absolute Gasteiger partial charge is 0.246 e. The highest BCUT2D eigenvalue weighted by Crippen LogP contribution is 2.32. The second kappa shape index (κ2) is 8.49. The topological polar surface area (TPSA) is 81.9 Å². The lowest BCUT2D eigenvalue weighted by Crippen LogP contribution is -2.45. The molecule has 8 heteroatoms. The van der Waals surface area contributed by atoms with Crippen LogP contribution < -0.4 is 10.5 Å². The van der Waals surface area contributed by atoms with Gasteiger partial charge in [0, 0.05) is 31.3 Å². The molecule has 0 spiro atoms. The van der Waals surface area contributed by atoms with Crippen LogP contribution in [0.25, 0.3) is 0 Å². The minimum atomic E-state index is -3.69. The van der Waals surface area contributed by atoms with Gasteiger partial charge in [0.25, 0.3) is 0 Å². The van der Waals surface area contributed by atoms with Gasteiger partial charge in [0.2, 0.25) is 10.0 Å². The van der Waals surface area contributed by atoms with Gasteiger partial charge in [0.05, 0.1) is 6.61 Å². The lowest BCUT2D eigenvalue weighted by molar-refractivity contribution is 0.144. The van der Waals surface area contributed by atoms with Gasteiger partial charge in [-0.05, 0) is 43.9 Å². The highest BCUT2D eigenvalue weighted by Gasteiger charge is 2.33. The molecule has 1 heterocycles. The van der Waals surface area contributed by atoms with Crippen LogP contribution in [0, 0.1) is 5.92 Å². The molecule has 1 aromatic rings. The van der Waals surface area contributed by atoms with E-state index in [9.17, 15) is 8.42 Å². The third kappa shape index (κ3) is 4.61. The van der Waals surface area contributed by atoms with Gasteiger partial charge in [-0.15, -0.1) is 0 Å². The number of nitrogens with two attached hydrogens (primary N) is 1. The molecule has 1 aliphatic rings. The molecule has 136 valence electrons. The second-order valence-corrected chi connectivity index (χ2v) is 8.40. The highest BCUT2D eigenvalue weighted by molar-refractivity contribution is 7.89. The van der Waals surface area contributed by atoms with Crippen molar-refractivity contribution in [2.45, 2.75) is 30.7 Å². The van der Waals surface area contributed by atoms with Crippen LogP contribution in [0.15, 0.2) is 23.1 Å². The summed E-state index contributed by atoms with van der Waals surface area (Å²) < 4.78 is 38.2. The van der Waals surface area contributed by atoms with Crippen molar-refractivity contribution in [2.24, 2.45) is 11.7 Å². The van der Waals surface area contributed by atoms with Crippen LogP contribution in [-0.2, 0) is 14.8 Å². The van der Waals surface area contributed by atoms with Crippen molar-refractivity contribution in [1.29, 1.82) is 0 Å². The average molecular weight is 377 g/mol. The predicted molar refractivity (Wildman–Crippen MR) is 94.0 cm³/mol. The maximum Gasteiger partial charge on any atom is 0.246 e. The fourth-order valence-corrected chi connectivity index (χ4v) is 4.73. The number of hydrogen-bond acceptors (Lipinski definition) is 5. The molecule has 1 aromatic carbocycles. The summed E-state index contributed by atoms with van der Waals surface area (Å²) >= 11 is 6.02. The number of hydrogen-bond donors (Lipinski definition) is 1. The van der Waals surface area contributed by atoms with Gasteiger partial charge in [0.1, 0.15) is 17.3 Å². The van der Waals surface area contributed by atoms with Crippen molar-refractivity contribution in [1.82, 2.24) is 4.31 Å². The van der Waals surface area contributed by atoms with Gasteiger partial charge >= 0.3 is 0 Å². The lowest BCUT2D eigenvalue weighted by atomic mass is 9.93. The van der Waals surface area contributed by atoms with Gasteiger partial charge < -0.3 is 15.2 Å². The van der Waals surface area contributed by atoms with Crippen LogP contribution in [0.1, 0.15) is 19.8 Å². The van der Waals surface area contributed by atoms with Gasteiger partial charge in [0.15, 0.2) is 0 Å². The summed E-state index contributed by atoms with van der Waals surface area (Å²) in [4.78, 5) is 0.0939. The Morgan fingerprint density at radius 3 is 2.83 bits per heavy atom. The van der Waals surface area contributed by atoms with Gasteiger partial charge in [-0.25, -0.2) is 8.42 Å². The van der Waals surface area contributed by atoms with E-state index >= 15 is 0 Å². The van der Waals surface area contributed by atoms with Crippen molar-refractivity contribution in [2.75, 3.05) is 33.4 Å². The monoisotopic (exact) mass is 376 g/mol. The van der Waals surface area contributed by atoms with E-state index in [1.807, 2.05) is 6.92 Å². The molecule has 1 saturated heterocycles. The normalized spacial score (nSPS) is 20.8. The van der Waals surface area contributed by atoms with E-state index in [-0.39, 0.29) is 23.5 Å². The minimum Gasteiger partial charge on any atom is -0.490 e. The Balaban J connectivity index is 2.29. The van der Waals surface area contributed by atoms with E-state index in [2.05, 4.69) is 0 Å². The van der Waals surface area contributed by atoms with Crippen LogP contribution >= 0.6 is 11.6 Å². The molecule has 0 aliphatic carbocycles. The van der Waals surface area contributed by atoms with E-state index < -0.39 is 10.0 Å². The zero-order valence-corrected chi connectivity index (χ0v) is 15.6. The quantitative estimate of drug-likeness (QED) is 0.737. The summed E-state index contributed by atoms with van der Waals surface area (Å²) in [6.45, 7) is 3.46. The Bertz CT molecular complexity index is 651. The molecule has 0 bridgehead atoms. The molecule has 0 radical (unpaired) electrons. The molecule has 1 aliphatic heterocycles. The van der Waals surface area contributed by atoms with Crippen LogP contribution in [-0.4, -0.2) is 52.2 Å². The molecule has 0 unspecified atom stereocenters. The zero-order chi connectivity index (χ0) is 17.7. The van der Waals surface area contributed by atoms with Crippen LogP contribution in [0.3, 0.4) is 0 Å². The first-order valence-corrected chi connectivity index (χ1v) is 9.85. The maximum absolute atomic E-state index is 13.1. The molecule has 0 amide bonds. The Hall–Kier alpha value is -0.860. The van der Waals surface area contributed by atoms with E-state index in [0.717, 1.165) is 12.8 Å². The number of piperidine rings is 1. The second-order valence-electron chi connectivity index (χ2n) is 6.06. The van der Waals surface area contributed by atoms with E-state index in [0.29, 0.717) is 30.5 Å². The largest absolute Gasteiger partial charge is 0.490 e. The van der Waals surface area contributed by atoms with E-state index in [1.54, 1.807) is 19.2 Å². The highest BCUT2D eigenvalue weighted by atomic mass is 35.5. The molecule has 2 atom stereocenters. The third-order valence-electron chi connectivity index (χ3n) is 4.23. The molecule has 0 saturated carbocycles. The molecule has 0 aromatic heterocycles. The van der Waals surface area contributed by atoms with E-state index in [4.69, 9.17) is 26.8 Å². The summed E-state index contributed by atoms with van der Waals surface area (Å²) in [5.41, 5.74) is 5.97. The summed E-state index contributed by atoms with van der Waals surface area (Å²) in [6.07, 6.45) is 1.74. The summed E-state index contributed by atoms with van der Waals surface area (Å²) in [5, 5.41) is 0.355. The van der Waals surface area contributed by atoms with Gasteiger partial charge in [-0.3, -0.25) is 0 Å². The zero-order valence-electron chi connectivity index (χ0n) is 14.1. The number of methoxy groups -OCH3 is 1. The number of halogens is 1. The molecule has 6 nitrogen and oxygen atoms in total. The van der Waals surface area contributed by atoms with Crippen LogP contribution in [0.2, 0.25) is 5.02 Å². The van der Waals surface area contributed by atoms with Crippen LogP contribution in [0.5, 0.6) is 5.75 Å². The van der Waals surface area contributed by atoms with Gasteiger partial charge in [-0.2, -0.15) is 4.31 Å². The first-order chi connectivity index (χ1) is 11.4. The molecule has 2 N–H and O–H groups in total. The molecular formula is C16H25ClN2O4S. The first-order valence-electron chi connectivity index (χ1n) is 8.03. The van der Waals surface area contributed by atoms with Crippen LogP contribution in [0.4, 0.5) is 0 Å². The summed E-state index contributed by atoms with van der Waals surface area (Å²) in [6, 6.07) is 4.59. The molecule has 2 rings (SSSR count). The lowest BCUT2D eigenvalue weighted by Gasteiger charge is -2.34. The Labute approximate surface area is 148 Å². The fraction of sp³-hybridized carbons (Fsp3) is 0.625. The Morgan fingerprint density at radius 1 is 1.42 bits per heavy atom. The number of sulfonamides is 1. The maximum atomic E-state index is 13.1. The summed E-state index contributed by atoms with van der Waals surface area (Å²) in [5.74, 6) is 0.449. The standard InChI is InChI=1S/C16H25ClN2O4S/c1-12(18)13-4-3-7-19(11-13)24(20,21)16-10-14(17)5-6-15(16)23-9-8-22-2/h5-6,10,12-13H,3-4,7-9,11,18H2,1-2H3/t12-,13-/m1/s1.